The van der Waals surface area contributed by atoms with E-state index in [0.29, 0.717) is 6.54 Å². The molecule has 0 amide bonds. The van der Waals surface area contributed by atoms with E-state index in [1.54, 1.807) is 7.05 Å². The summed E-state index contributed by atoms with van der Waals surface area (Å²) in [5, 5.41) is 13.7. The molecule has 0 unspecified atom stereocenters. The van der Waals surface area contributed by atoms with Gasteiger partial charge in [-0.15, -0.1) is 0 Å². The van der Waals surface area contributed by atoms with Gasteiger partial charge in [-0.3, -0.25) is 10.1 Å². The van der Waals surface area contributed by atoms with Crippen molar-refractivity contribution in [2.75, 3.05) is 32.1 Å². The first-order chi connectivity index (χ1) is 8.49. The van der Waals surface area contributed by atoms with Crippen LogP contribution in [0.25, 0.3) is 0 Å². The van der Waals surface area contributed by atoms with Crippen molar-refractivity contribution in [3.8, 4) is 0 Å². The van der Waals surface area contributed by atoms with Crippen molar-refractivity contribution in [1.82, 2.24) is 5.32 Å². The fourth-order valence-electron chi connectivity index (χ4n) is 1.65. The zero-order valence-electron chi connectivity index (χ0n) is 10.2. The molecule has 0 atom stereocenters. The first-order valence-corrected chi connectivity index (χ1v) is 5.85. The number of anilines is 1. The molecule has 0 radical (unpaired) electrons. The van der Waals surface area contributed by atoms with E-state index >= 15 is 0 Å². The quantitative estimate of drug-likeness (QED) is 0.492. The minimum atomic E-state index is -0.752. The molecule has 1 N–H and O–H groups in total. The molecular weight excluding hydrogens is 261 g/mol. The molecule has 1 aromatic rings. The maximum atomic E-state index is 13.9. The van der Waals surface area contributed by atoms with Crippen LogP contribution in [0.3, 0.4) is 0 Å². The van der Waals surface area contributed by atoms with Gasteiger partial charge in [-0.05, 0) is 26.1 Å². The molecule has 100 valence electrons. The third kappa shape index (κ3) is 3.30. The van der Waals surface area contributed by atoms with Crippen molar-refractivity contribution in [2.24, 2.45) is 0 Å². The van der Waals surface area contributed by atoms with Crippen LogP contribution in [0.5, 0.6) is 0 Å². The molecule has 5 nitrogen and oxygen atoms in total. The lowest BCUT2D eigenvalue weighted by atomic mass is 10.2. The van der Waals surface area contributed by atoms with E-state index in [0.717, 1.165) is 13.0 Å². The fourth-order valence-corrected chi connectivity index (χ4v) is 1.80. The molecule has 18 heavy (non-hydrogen) atoms. The Morgan fingerprint density at radius 2 is 2.22 bits per heavy atom. The summed E-state index contributed by atoms with van der Waals surface area (Å²) in [6.45, 7) is 1.25. The number of benzene rings is 1. The normalized spacial score (nSPS) is 10.4. The zero-order chi connectivity index (χ0) is 13.7. The molecule has 7 heteroatoms. The molecule has 0 fully saturated rings. The minimum Gasteiger partial charge on any atom is -0.367 e. The van der Waals surface area contributed by atoms with E-state index < -0.39 is 10.7 Å². The van der Waals surface area contributed by atoms with Gasteiger partial charge in [-0.2, -0.15) is 0 Å². The second-order valence-electron chi connectivity index (χ2n) is 3.86. The topological polar surface area (TPSA) is 58.4 Å². The highest BCUT2D eigenvalue weighted by Gasteiger charge is 2.23. The molecule has 0 aromatic heterocycles. The number of rotatable bonds is 6. The predicted molar refractivity (Wildman–Crippen MR) is 69.9 cm³/mol. The molecule has 0 aliphatic rings. The Morgan fingerprint density at radius 3 is 2.78 bits per heavy atom. The third-order valence-corrected chi connectivity index (χ3v) is 2.84. The molecule has 0 heterocycles. The smallest absolute Gasteiger partial charge is 0.295 e. The number of nitrogens with one attached hydrogen (secondary N) is 1. The van der Waals surface area contributed by atoms with Crippen LogP contribution >= 0.6 is 11.6 Å². The van der Waals surface area contributed by atoms with E-state index in [1.807, 2.05) is 7.05 Å². The Bertz CT molecular complexity index is 443. The molecule has 0 spiro atoms. The van der Waals surface area contributed by atoms with Crippen molar-refractivity contribution in [1.29, 1.82) is 0 Å². The van der Waals surface area contributed by atoms with E-state index in [2.05, 4.69) is 5.32 Å². The molecule has 0 aliphatic heterocycles. The predicted octanol–water partition coefficient (Wildman–Crippen LogP) is 2.43. The summed E-state index contributed by atoms with van der Waals surface area (Å²) in [6.07, 6.45) is 0.746. The monoisotopic (exact) mass is 275 g/mol. The maximum Gasteiger partial charge on any atom is 0.295 e. The molecule has 0 saturated heterocycles. The first-order valence-electron chi connectivity index (χ1n) is 5.47. The van der Waals surface area contributed by atoms with E-state index in [9.17, 15) is 14.5 Å². The average Bonchev–Trinajstić information content (AvgIpc) is 2.32. The minimum absolute atomic E-state index is 0.0661. The van der Waals surface area contributed by atoms with Crippen LogP contribution in [0.2, 0.25) is 5.02 Å². The largest absolute Gasteiger partial charge is 0.367 e. The lowest BCUT2D eigenvalue weighted by Crippen LogP contribution is -2.24. The standard InChI is InChI=1S/C11H15ClFN3O2/c1-14-6-3-7-15(2)11-9(16(17)18)5-4-8(12)10(11)13/h4-5,14H,3,6-7H2,1-2H3. The van der Waals surface area contributed by atoms with Crippen molar-refractivity contribution >= 4 is 23.0 Å². The number of nitrogens with zero attached hydrogens (tertiary/aromatic N) is 2. The summed E-state index contributed by atoms with van der Waals surface area (Å²) in [5.41, 5.74) is -0.340. The number of hydrogen-bond donors (Lipinski definition) is 1. The number of halogens is 2. The summed E-state index contributed by atoms with van der Waals surface area (Å²) < 4.78 is 13.9. The lowest BCUT2D eigenvalue weighted by molar-refractivity contribution is -0.384. The van der Waals surface area contributed by atoms with Gasteiger partial charge in [-0.25, -0.2) is 4.39 Å². The van der Waals surface area contributed by atoms with Gasteiger partial charge >= 0.3 is 0 Å². The van der Waals surface area contributed by atoms with E-state index in [1.165, 1.54) is 17.0 Å². The highest BCUT2D eigenvalue weighted by atomic mass is 35.5. The van der Waals surface area contributed by atoms with E-state index in [4.69, 9.17) is 11.6 Å². The summed E-state index contributed by atoms with van der Waals surface area (Å²) in [4.78, 5) is 11.8. The average molecular weight is 276 g/mol. The van der Waals surface area contributed by atoms with E-state index in [-0.39, 0.29) is 16.4 Å². The van der Waals surface area contributed by atoms with Gasteiger partial charge < -0.3 is 10.2 Å². The second kappa shape index (κ2) is 6.51. The molecule has 1 aromatic carbocycles. The molecule has 0 bridgehead atoms. The molecule has 0 saturated carbocycles. The van der Waals surface area contributed by atoms with Crippen LogP contribution in [0.1, 0.15) is 6.42 Å². The highest BCUT2D eigenvalue weighted by Crippen LogP contribution is 2.34. The third-order valence-electron chi connectivity index (χ3n) is 2.55. The first kappa shape index (κ1) is 14.7. The number of hydrogen-bond acceptors (Lipinski definition) is 4. The van der Waals surface area contributed by atoms with Crippen molar-refractivity contribution in [3.63, 3.8) is 0 Å². The van der Waals surface area contributed by atoms with Crippen LogP contribution in [-0.4, -0.2) is 32.1 Å². The summed E-state index contributed by atoms with van der Waals surface area (Å²) in [7, 11) is 3.42. The van der Waals surface area contributed by atoms with Gasteiger partial charge in [-0.1, -0.05) is 11.6 Å². The zero-order valence-corrected chi connectivity index (χ0v) is 11.0. The van der Waals surface area contributed by atoms with Crippen LogP contribution in [0.15, 0.2) is 12.1 Å². The molecule has 1 rings (SSSR count). The van der Waals surface area contributed by atoms with Gasteiger partial charge in [0.15, 0.2) is 11.5 Å². The van der Waals surface area contributed by atoms with Crippen LogP contribution in [0, 0.1) is 15.9 Å². The second-order valence-corrected chi connectivity index (χ2v) is 4.27. The lowest BCUT2D eigenvalue weighted by Gasteiger charge is -2.20. The number of nitro groups is 1. The van der Waals surface area contributed by atoms with Crippen LogP contribution in [0.4, 0.5) is 15.8 Å². The SMILES string of the molecule is CNCCCN(C)c1c([N+](=O)[O-])ccc(Cl)c1F. The Hall–Kier alpha value is -1.40. The highest BCUT2D eigenvalue weighted by molar-refractivity contribution is 6.31. The van der Waals surface area contributed by atoms with Gasteiger partial charge in [0.1, 0.15) is 0 Å². The van der Waals surface area contributed by atoms with Gasteiger partial charge in [0.05, 0.1) is 9.95 Å². The van der Waals surface area contributed by atoms with Gasteiger partial charge in [0.25, 0.3) is 5.69 Å². The summed E-state index contributed by atoms with van der Waals surface area (Å²) in [5.74, 6) is -0.752. The maximum absolute atomic E-state index is 13.9. The Kier molecular flexibility index (Phi) is 5.30. The summed E-state index contributed by atoms with van der Waals surface area (Å²) >= 11 is 5.66. The van der Waals surface area contributed by atoms with Crippen LogP contribution in [-0.2, 0) is 0 Å². The molecular formula is C11H15ClFN3O2. The number of nitro benzene ring substituents is 1. The van der Waals surface area contributed by atoms with Gasteiger partial charge in [0.2, 0.25) is 0 Å². The Morgan fingerprint density at radius 1 is 1.56 bits per heavy atom. The Balaban J connectivity index is 3.04. The Labute approximate surface area is 110 Å². The van der Waals surface area contributed by atoms with Crippen molar-refractivity contribution in [3.05, 3.63) is 33.1 Å². The van der Waals surface area contributed by atoms with Crippen LogP contribution < -0.4 is 10.2 Å². The van der Waals surface area contributed by atoms with Gasteiger partial charge in [0, 0.05) is 19.7 Å². The summed E-state index contributed by atoms with van der Waals surface area (Å²) in [6, 6.07) is 2.41. The van der Waals surface area contributed by atoms with Crippen molar-refractivity contribution in [2.45, 2.75) is 6.42 Å². The fraction of sp³-hybridized carbons (Fsp3) is 0.455. The van der Waals surface area contributed by atoms with Crippen molar-refractivity contribution < 1.29 is 9.31 Å². The molecule has 0 aliphatic carbocycles.